The van der Waals surface area contributed by atoms with Crippen molar-refractivity contribution >= 4 is 17.7 Å². The van der Waals surface area contributed by atoms with E-state index in [9.17, 15) is 15.0 Å². The molecule has 3 fully saturated rings. The van der Waals surface area contributed by atoms with Crippen molar-refractivity contribution in [2.24, 2.45) is 5.92 Å². The van der Waals surface area contributed by atoms with Crippen LogP contribution in [0.15, 0.2) is 12.3 Å². The van der Waals surface area contributed by atoms with Crippen LogP contribution in [-0.2, 0) is 4.79 Å². The van der Waals surface area contributed by atoms with Crippen LogP contribution in [0.5, 0.6) is 0 Å². The van der Waals surface area contributed by atoms with Crippen molar-refractivity contribution in [3.05, 3.63) is 12.3 Å². The highest BCUT2D eigenvalue weighted by molar-refractivity contribution is 5.78. The van der Waals surface area contributed by atoms with Gasteiger partial charge < -0.3 is 31.1 Å². The normalized spacial score (nSPS) is 24.5. The Hall–Kier alpha value is -2.01. The number of nitrogens with one attached hydrogen (secondary N) is 3. The monoisotopic (exact) mass is 517 g/mol. The molecule has 1 aromatic heterocycles. The van der Waals surface area contributed by atoms with Crippen molar-refractivity contribution in [3.63, 3.8) is 0 Å². The summed E-state index contributed by atoms with van der Waals surface area (Å²) in [6.45, 7) is 5.04. The third-order valence-electron chi connectivity index (χ3n) is 8.30. The Morgan fingerprint density at radius 1 is 1.03 bits per heavy atom. The number of nitrogens with zero attached hydrogens (tertiary/aromatic N) is 4. The van der Waals surface area contributed by atoms with Gasteiger partial charge in [-0.2, -0.15) is 4.98 Å². The summed E-state index contributed by atoms with van der Waals surface area (Å²) >= 11 is 0. The lowest BCUT2D eigenvalue weighted by Gasteiger charge is -2.45. The van der Waals surface area contributed by atoms with E-state index in [1.54, 1.807) is 0 Å². The van der Waals surface area contributed by atoms with Gasteiger partial charge in [-0.1, -0.05) is 19.3 Å². The van der Waals surface area contributed by atoms with Crippen molar-refractivity contribution < 1.29 is 15.0 Å². The van der Waals surface area contributed by atoms with Crippen molar-refractivity contribution in [2.75, 3.05) is 62.7 Å². The lowest BCUT2D eigenvalue weighted by Crippen LogP contribution is -2.58. The first-order chi connectivity index (χ1) is 18.2. The fourth-order valence-corrected chi connectivity index (χ4v) is 6.15. The second-order valence-electron chi connectivity index (χ2n) is 10.8. The number of hydrogen-bond acceptors (Lipinski definition) is 9. The largest absolute Gasteiger partial charge is 0.395 e. The molecule has 3 saturated heterocycles. The molecule has 0 aromatic carbocycles. The van der Waals surface area contributed by atoms with E-state index in [1.165, 1.54) is 32.1 Å². The Kier molecular flexibility index (Phi) is 11.2. The summed E-state index contributed by atoms with van der Waals surface area (Å²) in [5, 5.41) is 30.0. The highest BCUT2D eigenvalue weighted by Gasteiger charge is 2.35. The molecule has 10 nitrogen and oxygen atoms in total. The lowest BCUT2D eigenvalue weighted by molar-refractivity contribution is -0.125. The standard InChI is InChI=1S/C27H47N7O3/c35-19-22(20-36)34-18-6-7-23(24(34)10-14-29-26(37)21-8-12-28-13-9-21)31-27-30-15-11-25(32-27)33-16-4-2-1-3-5-17-33/h11,15,21-24,28,35-36H,1-10,12-14,16-20H2,(H,29,37)(H,30,31,32)/t23-,24+/m0/s1. The van der Waals surface area contributed by atoms with E-state index in [2.05, 4.69) is 30.7 Å². The van der Waals surface area contributed by atoms with Gasteiger partial charge in [0.15, 0.2) is 0 Å². The van der Waals surface area contributed by atoms with Gasteiger partial charge in [-0.3, -0.25) is 9.69 Å². The molecule has 10 heteroatoms. The van der Waals surface area contributed by atoms with Crippen LogP contribution in [0.2, 0.25) is 0 Å². The van der Waals surface area contributed by atoms with Crippen LogP contribution in [0, 0.1) is 5.92 Å². The number of aliphatic hydroxyl groups is 2. The van der Waals surface area contributed by atoms with Gasteiger partial charge in [0.2, 0.25) is 11.9 Å². The number of aliphatic hydroxyl groups excluding tert-OH is 2. The Morgan fingerprint density at radius 3 is 2.49 bits per heavy atom. The number of amides is 1. The molecule has 3 aliphatic heterocycles. The molecule has 0 spiro atoms. The van der Waals surface area contributed by atoms with Crippen LogP contribution in [-0.4, -0.2) is 102 Å². The second kappa shape index (κ2) is 14.8. The second-order valence-corrected chi connectivity index (χ2v) is 10.8. The minimum atomic E-state index is -0.317. The minimum absolute atomic E-state index is 0.0420. The van der Waals surface area contributed by atoms with Gasteiger partial charge in [-0.25, -0.2) is 4.98 Å². The molecule has 1 amide bonds. The minimum Gasteiger partial charge on any atom is -0.395 e. The van der Waals surface area contributed by atoms with Gasteiger partial charge in [0, 0.05) is 43.8 Å². The molecule has 0 radical (unpaired) electrons. The summed E-state index contributed by atoms with van der Waals surface area (Å²) in [6, 6.07) is 1.79. The Labute approximate surface area is 221 Å². The van der Waals surface area contributed by atoms with Gasteiger partial charge in [0.25, 0.3) is 0 Å². The number of likely N-dealkylation sites (tertiary alicyclic amines) is 1. The lowest BCUT2D eigenvalue weighted by atomic mass is 9.91. The van der Waals surface area contributed by atoms with Crippen molar-refractivity contribution in [2.45, 2.75) is 82.3 Å². The Balaban J connectivity index is 1.42. The summed E-state index contributed by atoms with van der Waals surface area (Å²) in [5.41, 5.74) is 0. The first kappa shape index (κ1) is 28.0. The van der Waals surface area contributed by atoms with Gasteiger partial charge in [0.05, 0.1) is 19.3 Å². The summed E-state index contributed by atoms with van der Waals surface area (Å²) < 4.78 is 0. The fraction of sp³-hybridized carbons (Fsp3) is 0.815. The molecule has 3 aliphatic rings. The molecule has 0 aliphatic carbocycles. The molecule has 37 heavy (non-hydrogen) atoms. The molecule has 0 bridgehead atoms. The van der Waals surface area contributed by atoms with Crippen LogP contribution in [0.4, 0.5) is 11.8 Å². The molecule has 1 aromatic rings. The van der Waals surface area contributed by atoms with Gasteiger partial charge in [-0.15, -0.1) is 0 Å². The maximum atomic E-state index is 12.7. The Morgan fingerprint density at radius 2 is 1.76 bits per heavy atom. The van der Waals surface area contributed by atoms with E-state index in [0.29, 0.717) is 12.5 Å². The predicted octanol–water partition coefficient (Wildman–Crippen LogP) is 1.35. The van der Waals surface area contributed by atoms with Gasteiger partial charge >= 0.3 is 0 Å². The molecule has 0 saturated carbocycles. The molecular weight excluding hydrogens is 470 g/mol. The number of hydrogen-bond donors (Lipinski definition) is 5. The maximum absolute atomic E-state index is 12.7. The first-order valence-electron chi connectivity index (χ1n) is 14.5. The molecule has 4 rings (SSSR count). The van der Waals surface area contributed by atoms with E-state index < -0.39 is 0 Å². The van der Waals surface area contributed by atoms with Crippen LogP contribution in [0.3, 0.4) is 0 Å². The van der Waals surface area contributed by atoms with E-state index in [0.717, 1.165) is 70.6 Å². The molecule has 208 valence electrons. The summed E-state index contributed by atoms with van der Waals surface area (Å²) in [6.07, 6.45) is 12.5. The van der Waals surface area contributed by atoms with E-state index in [1.807, 2.05) is 12.3 Å². The van der Waals surface area contributed by atoms with Crippen LogP contribution < -0.4 is 20.9 Å². The van der Waals surface area contributed by atoms with E-state index in [-0.39, 0.29) is 43.2 Å². The van der Waals surface area contributed by atoms with Crippen LogP contribution >= 0.6 is 0 Å². The predicted molar refractivity (Wildman–Crippen MR) is 146 cm³/mol. The smallest absolute Gasteiger partial charge is 0.224 e. The maximum Gasteiger partial charge on any atom is 0.224 e. The molecular formula is C27H47N7O3. The fourth-order valence-electron chi connectivity index (χ4n) is 6.15. The number of rotatable bonds is 10. The number of aromatic nitrogens is 2. The number of carbonyl (C=O) groups is 1. The topological polar surface area (TPSA) is 126 Å². The SMILES string of the molecule is O=C(NCC[C@@H]1[C@@H](Nc2nccc(N3CCCCCCC3)n2)CCCN1C(CO)CO)C1CCNCC1. The number of anilines is 2. The van der Waals surface area contributed by atoms with E-state index >= 15 is 0 Å². The number of piperidine rings is 2. The zero-order valence-electron chi connectivity index (χ0n) is 22.3. The van der Waals surface area contributed by atoms with Crippen molar-refractivity contribution in [1.82, 2.24) is 25.5 Å². The third kappa shape index (κ3) is 7.99. The summed E-state index contributed by atoms with van der Waals surface area (Å²) in [4.78, 5) is 26.7. The van der Waals surface area contributed by atoms with Crippen molar-refractivity contribution in [3.8, 4) is 0 Å². The zero-order chi connectivity index (χ0) is 25.9. The van der Waals surface area contributed by atoms with E-state index in [4.69, 9.17) is 4.98 Å². The summed E-state index contributed by atoms with van der Waals surface area (Å²) in [7, 11) is 0. The number of carbonyl (C=O) groups excluding carboxylic acids is 1. The molecule has 0 unspecified atom stereocenters. The Bertz CT molecular complexity index is 811. The molecule has 2 atom stereocenters. The first-order valence-corrected chi connectivity index (χ1v) is 14.5. The molecule has 5 N–H and O–H groups in total. The average Bonchev–Trinajstić information content (AvgIpc) is 2.91. The third-order valence-corrected chi connectivity index (χ3v) is 8.30. The van der Waals surface area contributed by atoms with Gasteiger partial charge in [-0.05, 0) is 70.6 Å². The quantitative estimate of drug-likeness (QED) is 0.313. The summed E-state index contributed by atoms with van der Waals surface area (Å²) in [5.74, 6) is 1.82. The van der Waals surface area contributed by atoms with Crippen LogP contribution in [0.25, 0.3) is 0 Å². The van der Waals surface area contributed by atoms with Crippen LogP contribution in [0.1, 0.15) is 64.2 Å². The van der Waals surface area contributed by atoms with Crippen molar-refractivity contribution in [1.29, 1.82) is 0 Å². The average molecular weight is 518 g/mol. The highest BCUT2D eigenvalue weighted by Crippen LogP contribution is 2.26. The zero-order valence-corrected chi connectivity index (χ0v) is 22.3. The van der Waals surface area contributed by atoms with Gasteiger partial charge in [0.1, 0.15) is 5.82 Å². The highest BCUT2D eigenvalue weighted by atomic mass is 16.3. The molecule has 4 heterocycles.